The first kappa shape index (κ1) is 18.2. The van der Waals surface area contributed by atoms with Crippen LogP contribution in [0.1, 0.15) is 31.2 Å². The lowest BCUT2D eigenvalue weighted by Gasteiger charge is -2.38. The molecule has 4 rings (SSSR count). The smallest absolute Gasteiger partial charge is 0.171 e. The largest absolute Gasteiger partial charge is 0.356 e. The summed E-state index contributed by atoms with van der Waals surface area (Å²) in [5.74, 6) is 2.36. The van der Waals surface area contributed by atoms with E-state index in [0.29, 0.717) is 13.2 Å². The number of hydrogen-bond donors (Lipinski definition) is 0. The predicted molar refractivity (Wildman–Crippen MR) is 107 cm³/mol. The second kappa shape index (κ2) is 7.44. The number of anilines is 3. The first-order valence-corrected chi connectivity index (χ1v) is 9.81. The molecule has 2 saturated heterocycles. The van der Waals surface area contributed by atoms with Crippen molar-refractivity contribution >= 4 is 17.3 Å². The van der Waals surface area contributed by atoms with E-state index in [1.54, 1.807) is 0 Å². The Morgan fingerprint density at radius 3 is 2.48 bits per heavy atom. The second-order valence-corrected chi connectivity index (χ2v) is 7.31. The van der Waals surface area contributed by atoms with Crippen molar-refractivity contribution < 1.29 is 9.47 Å². The van der Waals surface area contributed by atoms with Crippen LogP contribution >= 0.6 is 0 Å². The summed E-state index contributed by atoms with van der Waals surface area (Å²) in [7, 11) is 0. The molecule has 6 heteroatoms. The SMILES string of the molecule is CCN(c1cccc(C)c1)c1cc(N2CCC3(CC2)OCCO3)nc(C)n1. The van der Waals surface area contributed by atoms with E-state index < -0.39 is 0 Å². The molecule has 1 aromatic carbocycles. The molecule has 0 saturated carbocycles. The van der Waals surface area contributed by atoms with Crippen molar-refractivity contribution in [3.05, 3.63) is 41.7 Å². The number of aromatic nitrogens is 2. The van der Waals surface area contributed by atoms with Crippen LogP contribution in [0.25, 0.3) is 0 Å². The van der Waals surface area contributed by atoms with Crippen LogP contribution in [0.3, 0.4) is 0 Å². The van der Waals surface area contributed by atoms with E-state index in [1.807, 2.05) is 6.92 Å². The van der Waals surface area contributed by atoms with E-state index in [2.05, 4.69) is 54.0 Å². The van der Waals surface area contributed by atoms with Gasteiger partial charge in [0.25, 0.3) is 0 Å². The van der Waals surface area contributed by atoms with Crippen LogP contribution in [0, 0.1) is 13.8 Å². The Hall–Kier alpha value is -2.18. The fourth-order valence-corrected chi connectivity index (χ4v) is 3.97. The number of hydrogen-bond acceptors (Lipinski definition) is 6. The molecule has 0 radical (unpaired) electrons. The van der Waals surface area contributed by atoms with Gasteiger partial charge in [-0.15, -0.1) is 0 Å². The third kappa shape index (κ3) is 3.77. The van der Waals surface area contributed by atoms with Crippen molar-refractivity contribution in [1.29, 1.82) is 0 Å². The van der Waals surface area contributed by atoms with Gasteiger partial charge in [-0.1, -0.05) is 12.1 Å². The summed E-state index contributed by atoms with van der Waals surface area (Å²) in [4.78, 5) is 14.0. The third-order valence-corrected chi connectivity index (χ3v) is 5.38. The summed E-state index contributed by atoms with van der Waals surface area (Å²) >= 11 is 0. The zero-order valence-corrected chi connectivity index (χ0v) is 16.4. The van der Waals surface area contributed by atoms with Crippen molar-refractivity contribution in [3.8, 4) is 0 Å². The van der Waals surface area contributed by atoms with Gasteiger partial charge in [0.15, 0.2) is 5.79 Å². The Morgan fingerprint density at radius 2 is 1.81 bits per heavy atom. The summed E-state index contributed by atoms with van der Waals surface area (Å²) in [6, 6.07) is 10.6. The number of ether oxygens (including phenoxy) is 2. The average Bonchev–Trinajstić information content (AvgIpc) is 3.11. The van der Waals surface area contributed by atoms with Gasteiger partial charge in [-0.25, -0.2) is 9.97 Å². The van der Waals surface area contributed by atoms with Gasteiger partial charge in [0.2, 0.25) is 0 Å². The van der Waals surface area contributed by atoms with Crippen LogP contribution in [0.5, 0.6) is 0 Å². The van der Waals surface area contributed by atoms with E-state index in [4.69, 9.17) is 19.4 Å². The predicted octanol–water partition coefficient (Wildman–Crippen LogP) is 3.59. The first-order valence-electron chi connectivity index (χ1n) is 9.81. The van der Waals surface area contributed by atoms with E-state index in [-0.39, 0.29) is 5.79 Å². The lowest BCUT2D eigenvalue weighted by atomic mass is 10.0. The maximum absolute atomic E-state index is 5.85. The van der Waals surface area contributed by atoms with E-state index in [0.717, 1.165) is 55.6 Å². The summed E-state index contributed by atoms with van der Waals surface area (Å²) in [5.41, 5.74) is 2.40. The first-order chi connectivity index (χ1) is 13.1. The number of benzene rings is 1. The van der Waals surface area contributed by atoms with Gasteiger partial charge in [-0.05, 0) is 38.5 Å². The molecule has 27 heavy (non-hydrogen) atoms. The van der Waals surface area contributed by atoms with Gasteiger partial charge in [-0.3, -0.25) is 0 Å². The van der Waals surface area contributed by atoms with Crippen LogP contribution in [-0.2, 0) is 9.47 Å². The number of nitrogens with zero attached hydrogens (tertiary/aromatic N) is 4. The maximum atomic E-state index is 5.85. The molecular weight excluding hydrogens is 340 g/mol. The average molecular weight is 368 g/mol. The fraction of sp³-hybridized carbons (Fsp3) is 0.524. The standard InChI is InChI=1S/C21H28N4O2/c1-4-25(18-7-5-6-16(2)14-18)20-15-19(22-17(3)23-20)24-10-8-21(9-11-24)26-12-13-27-21/h5-7,14-15H,4,8-13H2,1-3H3. The van der Waals surface area contributed by atoms with Crippen LogP contribution in [0.15, 0.2) is 30.3 Å². The molecular formula is C21H28N4O2. The summed E-state index contributed by atoms with van der Waals surface area (Å²) in [6.07, 6.45) is 1.75. The molecule has 2 fully saturated rings. The van der Waals surface area contributed by atoms with Crippen LogP contribution in [0.2, 0.25) is 0 Å². The fourth-order valence-electron chi connectivity index (χ4n) is 3.97. The molecule has 0 aliphatic carbocycles. The van der Waals surface area contributed by atoms with Crippen molar-refractivity contribution in [2.45, 2.75) is 39.4 Å². The quantitative estimate of drug-likeness (QED) is 0.822. The number of rotatable bonds is 4. The molecule has 0 amide bonds. The van der Waals surface area contributed by atoms with E-state index >= 15 is 0 Å². The minimum Gasteiger partial charge on any atom is -0.356 e. The minimum atomic E-state index is -0.363. The van der Waals surface area contributed by atoms with E-state index in [9.17, 15) is 0 Å². The summed E-state index contributed by atoms with van der Waals surface area (Å²) in [6.45, 7) is 10.3. The highest BCUT2D eigenvalue weighted by atomic mass is 16.7. The molecule has 0 atom stereocenters. The molecule has 1 spiro atoms. The summed E-state index contributed by atoms with van der Waals surface area (Å²) in [5, 5.41) is 0. The van der Waals surface area contributed by atoms with Crippen molar-refractivity contribution in [3.63, 3.8) is 0 Å². The van der Waals surface area contributed by atoms with E-state index in [1.165, 1.54) is 5.56 Å². The van der Waals surface area contributed by atoms with Crippen LogP contribution < -0.4 is 9.80 Å². The van der Waals surface area contributed by atoms with Gasteiger partial charge in [0, 0.05) is 44.2 Å². The maximum Gasteiger partial charge on any atom is 0.171 e. The van der Waals surface area contributed by atoms with Gasteiger partial charge in [0.1, 0.15) is 17.5 Å². The molecule has 0 N–H and O–H groups in total. The highest BCUT2D eigenvalue weighted by Crippen LogP contribution is 2.34. The lowest BCUT2D eigenvalue weighted by Crippen LogP contribution is -2.45. The van der Waals surface area contributed by atoms with Gasteiger partial charge < -0.3 is 19.3 Å². The minimum absolute atomic E-state index is 0.363. The zero-order chi connectivity index (χ0) is 18.9. The Morgan fingerprint density at radius 1 is 1.07 bits per heavy atom. The Bertz CT molecular complexity index is 795. The van der Waals surface area contributed by atoms with Gasteiger partial charge >= 0.3 is 0 Å². The monoisotopic (exact) mass is 368 g/mol. The molecule has 6 nitrogen and oxygen atoms in total. The third-order valence-electron chi connectivity index (χ3n) is 5.38. The summed E-state index contributed by atoms with van der Waals surface area (Å²) < 4.78 is 11.7. The Labute approximate surface area is 161 Å². The van der Waals surface area contributed by atoms with Gasteiger partial charge in [-0.2, -0.15) is 0 Å². The molecule has 2 aliphatic heterocycles. The van der Waals surface area contributed by atoms with Crippen molar-refractivity contribution in [2.24, 2.45) is 0 Å². The highest BCUT2D eigenvalue weighted by molar-refractivity contribution is 5.63. The molecule has 0 bridgehead atoms. The zero-order valence-electron chi connectivity index (χ0n) is 16.4. The molecule has 2 aromatic rings. The van der Waals surface area contributed by atoms with Gasteiger partial charge in [0.05, 0.1) is 13.2 Å². The van der Waals surface area contributed by atoms with Crippen molar-refractivity contribution in [1.82, 2.24) is 9.97 Å². The molecule has 2 aliphatic rings. The second-order valence-electron chi connectivity index (χ2n) is 7.31. The van der Waals surface area contributed by atoms with Crippen molar-refractivity contribution in [2.75, 3.05) is 42.6 Å². The lowest BCUT2D eigenvalue weighted by molar-refractivity contribution is -0.169. The molecule has 1 aromatic heterocycles. The van der Waals surface area contributed by atoms with Crippen LogP contribution in [0.4, 0.5) is 17.3 Å². The Balaban J connectivity index is 1.58. The molecule has 0 unspecified atom stereocenters. The Kier molecular flexibility index (Phi) is 5.02. The normalized spacial score (nSPS) is 18.9. The number of piperidine rings is 1. The molecule has 3 heterocycles. The number of aryl methyl sites for hydroxylation is 2. The topological polar surface area (TPSA) is 50.7 Å². The highest BCUT2D eigenvalue weighted by Gasteiger charge is 2.40. The van der Waals surface area contributed by atoms with Crippen LogP contribution in [-0.4, -0.2) is 48.6 Å². The molecule has 144 valence electrons.